The topological polar surface area (TPSA) is 151 Å². The molecule has 0 aliphatic carbocycles. The maximum absolute atomic E-state index is 13.3. The maximum Gasteiger partial charge on any atom is 0.251 e. The summed E-state index contributed by atoms with van der Waals surface area (Å²) in [6, 6.07) is 10.5. The van der Waals surface area contributed by atoms with Crippen LogP contribution in [-0.4, -0.2) is 82.9 Å². The molecule has 0 saturated carbocycles. The van der Waals surface area contributed by atoms with Crippen LogP contribution < -0.4 is 11.1 Å². The summed E-state index contributed by atoms with van der Waals surface area (Å²) in [5.41, 5.74) is 9.25. The van der Waals surface area contributed by atoms with E-state index in [1.165, 1.54) is 34.8 Å². The Hall–Kier alpha value is -3.36. The summed E-state index contributed by atoms with van der Waals surface area (Å²) in [6.45, 7) is 2.50. The number of hydrogen-bond donors (Lipinski definition) is 3. The molecule has 236 valence electrons. The van der Waals surface area contributed by atoms with Crippen molar-refractivity contribution in [2.75, 3.05) is 32.4 Å². The minimum atomic E-state index is -3.46. The van der Waals surface area contributed by atoms with Crippen molar-refractivity contribution in [3.8, 4) is 11.3 Å². The summed E-state index contributed by atoms with van der Waals surface area (Å²) in [5.74, 6) is -1.25. The summed E-state index contributed by atoms with van der Waals surface area (Å²) < 4.78 is 41.3. The fourth-order valence-corrected chi connectivity index (χ4v) is 6.79. The molecule has 2 aliphatic rings. The van der Waals surface area contributed by atoms with E-state index in [2.05, 4.69) is 10.2 Å². The number of piperidine rings is 1. The van der Waals surface area contributed by atoms with Crippen LogP contribution in [0.1, 0.15) is 40.0 Å². The molecule has 2 aliphatic heterocycles. The standard InChI is InChI=1S/C30H36ClFN6O5S/c1-44(42,43)37-13-10-27-25(18-37)28(35-38(27)17-24(39)16-36-11-8-19(9-12-36)29(33)40)21-4-7-26(31)22(14-21)15-34-30(41)20-2-5-23(32)6-3-20/h2-7,14,19,24,39H,8-13,15-18H2,1H3,(H2,33,40)(H,34,41). The van der Waals surface area contributed by atoms with Gasteiger partial charge < -0.3 is 21.1 Å². The fourth-order valence-electron chi connectivity index (χ4n) is 5.82. The summed E-state index contributed by atoms with van der Waals surface area (Å²) in [6.07, 6.45) is 2.19. The molecule has 44 heavy (non-hydrogen) atoms. The number of likely N-dealkylation sites (tertiary alicyclic amines) is 1. The van der Waals surface area contributed by atoms with Gasteiger partial charge in [-0.1, -0.05) is 17.7 Å². The highest BCUT2D eigenvalue weighted by molar-refractivity contribution is 7.88. The van der Waals surface area contributed by atoms with E-state index in [1.54, 1.807) is 22.9 Å². The number of halogens is 2. The van der Waals surface area contributed by atoms with E-state index in [4.69, 9.17) is 22.4 Å². The van der Waals surface area contributed by atoms with E-state index in [9.17, 15) is 27.5 Å². The van der Waals surface area contributed by atoms with Crippen molar-refractivity contribution in [2.24, 2.45) is 11.7 Å². The monoisotopic (exact) mass is 646 g/mol. The van der Waals surface area contributed by atoms with E-state index in [1.807, 2.05) is 0 Å². The molecular weight excluding hydrogens is 611 g/mol. The molecule has 5 rings (SSSR count). The SMILES string of the molecule is CS(=O)(=O)N1CCc2c(c(-c3ccc(Cl)c(CNC(=O)c4ccc(F)cc4)c3)nn2CC(O)CN2CCC(C(N)=O)CC2)C1. The number of aromatic nitrogens is 2. The number of benzene rings is 2. The molecule has 0 radical (unpaired) electrons. The maximum atomic E-state index is 13.3. The summed E-state index contributed by atoms with van der Waals surface area (Å²) in [5, 5.41) is 19.1. The third-order valence-electron chi connectivity index (χ3n) is 8.28. The van der Waals surface area contributed by atoms with Crippen molar-refractivity contribution in [1.29, 1.82) is 0 Å². The van der Waals surface area contributed by atoms with E-state index in [-0.39, 0.29) is 37.4 Å². The molecule has 14 heteroatoms. The highest BCUT2D eigenvalue weighted by Gasteiger charge is 2.31. The van der Waals surface area contributed by atoms with Gasteiger partial charge in [-0.05, 0) is 67.9 Å². The number of rotatable bonds is 10. The highest BCUT2D eigenvalue weighted by atomic mass is 35.5. The predicted octanol–water partition coefficient (Wildman–Crippen LogP) is 2.15. The number of fused-ring (bicyclic) bond motifs is 1. The van der Waals surface area contributed by atoms with Crippen molar-refractivity contribution >= 4 is 33.4 Å². The third kappa shape index (κ3) is 7.46. The minimum absolute atomic E-state index is 0.104. The minimum Gasteiger partial charge on any atom is -0.390 e. The zero-order chi connectivity index (χ0) is 31.6. The number of nitrogens with one attached hydrogen (secondary N) is 1. The molecule has 2 aromatic carbocycles. The Morgan fingerprint density at radius 2 is 1.84 bits per heavy atom. The van der Waals surface area contributed by atoms with Gasteiger partial charge in [0.05, 0.1) is 24.6 Å². The fraction of sp³-hybridized carbons (Fsp3) is 0.433. The molecule has 4 N–H and O–H groups in total. The first-order valence-electron chi connectivity index (χ1n) is 14.4. The molecule has 1 aromatic heterocycles. The largest absolute Gasteiger partial charge is 0.390 e. The van der Waals surface area contributed by atoms with Gasteiger partial charge in [0.15, 0.2) is 0 Å². The lowest BCUT2D eigenvalue weighted by Gasteiger charge is -2.32. The summed E-state index contributed by atoms with van der Waals surface area (Å²) in [4.78, 5) is 26.2. The average molecular weight is 647 g/mol. The smallest absolute Gasteiger partial charge is 0.251 e. The first-order chi connectivity index (χ1) is 20.9. The number of aliphatic hydroxyl groups is 1. The molecule has 1 unspecified atom stereocenters. The number of aliphatic hydroxyl groups excluding tert-OH is 1. The van der Waals surface area contributed by atoms with Crippen molar-refractivity contribution < 1.29 is 27.5 Å². The van der Waals surface area contributed by atoms with Crippen LogP contribution in [0.5, 0.6) is 0 Å². The Morgan fingerprint density at radius 3 is 2.50 bits per heavy atom. The number of hydrogen-bond acceptors (Lipinski definition) is 7. The van der Waals surface area contributed by atoms with E-state index in [0.717, 1.165) is 11.3 Å². The number of sulfonamides is 1. The lowest BCUT2D eigenvalue weighted by molar-refractivity contribution is -0.123. The van der Waals surface area contributed by atoms with Crippen LogP contribution in [0.25, 0.3) is 11.3 Å². The Balaban J connectivity index is 1.37. The second-order valence-electron chi connectivity index (χ2n) is 11.4. The second kappa shape index (κ2) is 13.3. The number of nitrogens with two attached hydrogens (primary N) is 1. The van der Waals surface area contributed by atoms with Crippen LogP contribution in [0, 0.1) is 11.7 Å². The lowest BCUT2D eigenvalue weighted by Crippen LogP contribution is -2.43. The molecule has 0 spiro atoms. The third-order valence-corrected chi connectivity index (χ3v) is 9.89. The highest BCUT2D eigenvalue weighted by Crippen LogP contribution is 2.33. The molecule has 3 aromatic rings. The van der Waals surface area contributed by atoms with E-state index < -0.39 is 21.9 Å². The van der Waals surface area contributed by atoms with Crippen LogP contribution in [-0.2, 0) is 40.9 Å². The second-order valence-corrected chi connectivity index (χ2v) is 13.8. The van der Waals surface area contributed by atoms with Gasteiger partial charge in [0.25, 0.3) is 5.91 Å². The van der Waals surface area contributed by atoms with Gasteiger partial charge in [0.2, 0.25) is 15.9 Å². The van der Waals surface area contributed by atoms with Gasteiger partial charge in [-0.15, -0.1) is 0 Å². The van der Waals surface area contributed by atoms with Gasteiger partial charge in [-0.25, -0.2) is 12.8 Å². The van der Waals surface area contributed by atoms with Crippen LogP contribution in [0.2, 0.25) is 5.02 Å². The molecular formula is C30H36ClFN6O5S. The number of carbonyl (C=O) groups excluding carboxylic acids is 2. The van der Waals surface area contributed by atoms with Gasteiger partial charge in [0.1, 0.15) is 5.82 Å². The summed E-state index contributed by atoms with van der Waals surface area (Å²) >= 11 is 6.48. The Labute approximate surface area is 260 Å². The number of carbonyl (C=O) groups is 2. The average Bonchev–Trinajstić information content (AvgIpc) is 3.34. The molecule has 3 heterocycles. The molecule has 0 bridgehead atoms. The number of primary amides is 1. The van der Waals surface area contributed by atoms with Gasteiger partial charge >= 0.3 is 0 Å². The van der Waals surface area contributed by atoms with Crippen LogP contribution in [0.15, 0.2) is 42.5 Å². The van der Waals surface area contributed by atoms with Crippen LogP contribution in [0.3, 0.4) is 0 Å². The predicted molar refractivity (Wildman–Crippen MR) is 164 cm³/mol. The number of amides is 2. The van der Waals surface area contributed by atoms with Crippen molar-refractivity contribution in [3.05, 3.63) is 75.7 Å². The first-order valence-corrected chi connectivity index (χ1v) is 16.7. The van der Waals surface area contributed by atoms with Gasteiger partial charge in [-0.2, -0.15) is 9.40 Å². The van der Waals surface area contributed by atoms with Crippen molar-refractivity contribution in [1.82, 2.24) is 24.3 Å². The Morgan fingerprint density at radius 1 is 1.14 bits per heavy atom. The number of nitrogens with zero attached hydrogens (tertiary/aromatic N) is 4. The quantitative estimate of drug-likeness (QED) is 0.305. The first kappa shape index (κ1) is 32.0. The molecule has 1 atom stereocenters. The zero-order valence-electron chi connectivity index (χ0n) is 24.4. The molecule has 11 nitrogen and oxygen atoms in total. The van der Waals surface area contributed by atoms with Crippen molar-refractivity contribution in [3.63, 3.8) is 0 Å². The van der Waals surface area contributed by atoms with E-state index in [0.29, 0.717) is 72.8 Å². The summed E-state index contributed by atoms with van der Waals surface area (Å²) in [7, 11) is -3.46. The Bertz CT molecular complexity index is 1640. The normalized spacial score (nSPS) is 17.3. The van der Waals surface area contributed by atoms with Gasteiger partial charge in [0, 0.05) is 65.9 Å². The van der Waals surface area contributed by atoms with Crippen LogP contribution >= 0.6 is 11.6 Å². The van der Waals surface area contributed by atoms with E-state index >= 15 is 0 Å². The molecule has 1 fully saturated rings. The van der Waals surface area contributed by atoms with Crippen molar-refractivity contribution in [2.45, 2.75) is 45.0 Å². The Kier molecular flexibility index (Phi) is 9.71. The molecule has 2 amide bonds. The van der Waals surface area contributed by atoms with Crippen LogP contribution in [0.4, 0.5) is 4.39 Å². The zero-order valence-corrected chi connectivity index (χ0v) is 26.0. The molecule has 1 saturated heterocycles. The number of β-amino-alcohol motifs (C(OH)–C–C–N with tert-alkyl or cyclic N) is 1. The van der Waals surface area contributed by atoms with Gasteiger partial charge in [-0.3, -0.25) is 14.3 Å². The lowest BCUT2D eigenvalue weighted by atomic mass is 9.96.